The molecule has 0 amide bonds. The van der Waals surface area contributed by atoms with Crippen LogP contribution in [0.1, 0.15) is 16.1 Å². The highest BCUT2D eigenvalue weighted by molar-refractivity contribution is 9.10. The van der Waals surface area contributed by atoms with Crippen molar-refractivity contribution in [2.75, 3.05) is 0 Å². The predicted molar refractivity (Wildman–Crippen MR) is 59.1 cm³/mol. The van der Waals surface area contributed by atoms with Gasteiger partial charge in [-0.3, -0.25) is 9.78 Å². The first-order valence-corrected chi connectivity index (χ1v) is 5.24. The predicted octanol–water partition coefficient (Wildman–Crippen LogP) is 3.32. The zero-order valence-corrected chi connectivity index (χ0v) is 9.75. The highest BCUT2D eigenvalue weighted by atomic mass is 79.9. The molecule has 0 unspecified atom stereocenters. The van der Waals surface area contributed by atoms with Gasteiger partial charge < -0.3 is 4.42 Å². The molecule has 3 nitrogen and oxygen atoms in total. The molecule has 0 fully saturated rings. The van der Waals surface area contributed by atoms with E-state index in [0.29, 0.717) is 15.1 Å². The monoisotopic (exact) mass is 285 g/mol. The van der Waals surface area contributed by atoms with E-state index < -0.39 is 0 Å². The second kappa shape index (κ2) is 4.16. The van der Waals surface area contributed by atoms with Crippen molar-refractivity contribution in [2.45, 2.75) is 0 Å². The normalized spacial score (nSPS) is 10.3. The third-order valence-corrected chi connectivity index (χ3v) is 2.62. The molecule has 76 valence electrons. The molecular formula is C10H5BrClNO2. The zero-order valence-electron chi connectivity index (χ0n) is 7.41. The second-order valence-corrected chi connectivity index (χ2v) is 4.11. The second-order valence-electron chi connectivity index (χ2n) is 2.82. The number of carbonyl (C=O) groups is 1. The summed E-state index contributed by atoms with van der Waals surface area (Å²) in [6.07, 6.45) is 4.36. The Morgan fingerprint density at radius 1 is 1.47 bits per heavy atom. The Morgan fingerprint density at radius 3 is 2.87 bits per heavy atom. The molecule has 2 rings (SSSR count). The van der Waals surface area contributed by atoms with E-state index in [9.17, 15) is 4.79 Å². The first kappa shape index (κ1) is 10.4. The van der Waals surface area contributed by atoms with Crippen molar-refractivity contribution in [3.63, 3.8) is 0 Å². The van der Waals surface area contributed by atoms with Crippen molar-refractivity contribution in [2.24, 2.45) is 0 Å². The van der Waals surface area contributed by atoms with Gasteiger partial charge in [-0.1, -0.05) is 11.6 Å². The smallest absolute Gasteiger partial charge is 0.230 e. The maximum atomic E-state index is 11.9. The Morgan fingerprint density at radius 2 is 2.27 bits per heavy atom. The molecule has 0 N–H and O–H groups in total. The molecule has 0 spiro atoms. The summed E-state index contributed by atoms with van der Waals surface area (Å²) in [6, 6.07) is 3.21. The van der Waals surface area contributed by atoms with Gasteiger partial charge in [0.05, 0.1) is 15.8 Å². The van der Waals surface area contributed by atoms with E-state index in [0.717, 1.165) is 0 Å². The van der Waals surface area contributed by atoms with E-state index >= 15 is 0 Å². The van der Waals surface area contributed by atoms with Crippen molar-refractivity contribution in [3.05, 3.63) is 51.6 Å². The lowest BCUT2D eigenvalue weighted by Crippen LogP contribution is -2.00. The molecule has 0 aliphatic carbocycles. The summed E-state index contributed by atoms with van der Waals surface area (Å²) in [5.74, 6) is 0.000872. The van der Waals surface area contributed by atoms with Gasteiger partial charge in [0.15, 0.2) is 5.76 Å². The van der Waals surface area contributed by atoms with Gasteiger partial charge in [0, 0.05) is 18.0 Å². The summed E-state index contributed by atoms with van der Waals surface area (Å²) in [4.78, 5) is 15.7. The Labute approximate surface area is 99.2 Å². The number of hydrogen-bond acceptors (Lipinski definition) is 3. The van der Waals surface area contributed by atoms with Gasteiger partial charge in [-0.25, -0.2) is 0 Å². The molecule has 2 aromatic heterocycles. The fourth-order valence-electron chi connectivity index (χ4n) is 1.12. The quantitative estimate of drug-likeness (QED) is 0.795. The number of aromatic nitrogens is 1. The van der Waals surface area contributed by atoms with Crippen LogP contribution in [0, 0.1) is 0 Å². The van der Waals surface area contributed by atoms with Crippen LogP contribution >= 0.6 is 27.5 Å². The number of hydrogen-bond donors (Lipinski definition) is 0. The van der Waals surface area contributed by atoms with Crippen molar-refractivity contribution < 1.29 is 9.21 Å². The van der Waals surface area contributed by atoms with Crippen LogP contribution in [-0.4, -0.2) is 10.8 Å². The molecular weight excluding hydrogens is 281 g/mol. The van der Waals surface area contributed by atoms with Crippen molar-refractivity contribution in [1.29, 1.82) is 0 Å². The molecule has 0 aliphatic heterocycles. The molecule has 0 radical (unpaired) electrons. The van der Waals surface area contributed by atoms with Gasteiger partial charge in [0.1, 0.15) is 0 Å². The Hall–Kier alpha value is -1.13. The molecule has 0 aromatic carbocycles. The third kappa shape index (κ3) is 2.11. The van der Waals surface area contributed by atoms with Crippen LogP contribution < -0.4 is 0 Å². The van der Waals surface area contributed by atoms with E-state index in [-0.39, 0.29) is 11.5 Å². The van der Waals surface area contributed by atoms with Crippen LogP contribution in [-0.2, 0) is 0 Å². The molecule has 0 bridgehead atoms. The molecule has 0 aliphatic rings. The molecule has 15 heavy (non-hydrogen) atoms. The standard InChI is InChI=1S/C10H5BrClNO2/c11-8-1-2-15-10(8)9(14)6-3-7(12)5-13-4-6/h1-5H. The van der Waals surface area contributed by atoms with E-state index in [1.54, 1.807) is 12.1 Å². The van der Waals surface area contributed by atoms with Gasteiger partial charge in [-0.15, -0.1) is 0 Å². The highest BCUT2D eigenvalue weighted by Crippen LogP contribution is 2.21. The summed E-state index contributed by atoms with van der Waals surface area (Å²) >= 11 is 8.95. The van der Waals surface area contributed by atoms with Gasteiger partial charge in [-0.05, 0) is 28.1 Å². The minimum atomic E-state index is -0.248. The fourth-order valence-corrected chi connectivity index (χ4v) is 1.68. The summed E-state index contributed by atoms with van der Waals surface area (Å²) in [7, 11) is 0. The summed E-state index contributed by atoms with van der Waals surface area (Å²) in [5.41, 5.74) is 0.401. The lowest BCUT2D eigenvalue weighted by molar-refractivity contribution is 0.101. The number of rotatable bonds is 2. The zero-order chi connectivity index (χ0) is 10.8. The molecule has 5 heteroatoms. The molecule has 0 saturated carbocycles. The van der Waals surface area contributed by atoms with E-state index in [4.69, 9.17) is 16.0 Å². The summed E-state index contributed by atoms with van der Waals surface area (Å²) in [6.45, 7) is 0. The Balaban J connectivity index is 2.41. The number of nitrogens with zero attached hydrogens (tertiary/aromatic N) is 1. The van der Waals surface area contributed by atoms with Crippen molar-refractivity contribution >= 4 is 33.3 Å². The van der Waals surface area contributed by atoms with Gasteiger partial charge in [0.2, 0.25) is 5.78 Å². The summed E-state index contributed by atoms with van der Waals surface area (Å²) in [5, 5.41) is 0.420. The van der Waals surface area contributed by atoms with Gasteiger partial charge >= 0.3 is 0 Å². The van der Waals surface area contributed by atoms with Gasteiger partial charge in [-0.2, -0.15) is 0 Å². The SMILES string of the molecule is O=C(c1cncc(Cl)c1)c1occc1Br. The number of ketones is 1. The Kier molecular flexibility index (Phi) is 2.88. The third-order valence-electron chi connectivity index (χ3n) is 1.79. The summed E-state index contributed by atoms with van der Waals surface area (Å²) < 4.78 is 5.67. The number of halogens is 2. The highest BCUT2D eigenvalue weighted by Gasteiger charge is 2.16. The average Bonchev–Trinajstić information content (AvgIpc) is 2.63. The first-order chi connectivity index (χ1) is 7.18. The fraction of sp³-hybridized carbons (Fsp3) is 0. The largest absolute Gasteiger partial charge is 0.460 e. The van der Waals surface area contributed by atoms with Crippen molar-refractivity contribution in [1.82, 2.24) is 4.98 Å². The van der Waals surface area contributed by atoms with Crippen LogP contribution in [0.3, 0.4) is 0 Å². The number of furan rings is 1. The molecule has 2 heterocycles. The first-order valence-electron chi connectivity index (χ1n) is 4.07. The number of pyridine rings is 1. The van der Waals surface area contributed by atoms with E-state index in [1.165, 1.54) is 18.7 Å². The van der Waals surface area contributed by atoms with Crippen LogP contribution in [0.15, 0.2) is 39.7 Å². The van der Waals surface area contributed by atoms with E-state index in [2.05, 4.69) is 20.9 Å². The lowest BCUT2D eigenvalue weighted by atomic mass is 10.1. The minimum absolute atomic E-state index is 0.248. The van der Waals surface area contributed by atoms with Crippen molar-refractivity contribution in [3.8, 4) is 0 Å². The van der Waals surface area contributed by atoms with Crippen LogP contribution in [0.2, 0.25) is 5.02 Å². The number of carbonyl (C=O) groups excluding carboxylic acids is 1. The van der Waals surface area contributed by atoms with Crippen LogP contribution in [0.5, 0.6) is 0 Å². The van der Waals surface area contributed by atoms with Gasteiger partial charge in [0.25, 0.3) is 0 Å². The lowest BCUT2D eigenvalue weighted by Gasteiger charge is -1.98. The minimum Gasteiger partial charge on any atom is -0.460 e. The molecule has 2 aromatic rings. The average molecular weight is 287 g/mol. The van der Waals surface area contributed by atoms with Crippen LogP contribution in [0.25, 0.3) is 0 Å². The molecule has 0 atom stereocenters. The maximum Gasteiger partial charge on any atom is 0.230 e. The van der Waals surface area contributed by atoms with E-state index in [1.807, 2.05) is 0 Å². The topological polar surface area (TPSA) is 43.1 Å². The maximum absolute atomic E-state index is 11.9. The Bertz CT molecular complexity index is 510. The van der Waals surface area contributed by atoms with Crippen LogP contribution in [0.4, 0.5) is 0 Å². The molecule has 0 saturated heterocycles.